The zero-order valence-corrected chi connectivity index (χ0v) is 10.1. The second-order valence-electron chi connectivity index (χ2n) is 3.53. The van der Waals surface area contributed by atoms with Gasteiger partial charge >= 0.3 is 0 Å². The van der Waals surface area contributed by atoms with E-state index in [0.29, 0.717) is 13.0 Å². The first-order chi connectivity index (χ1) is 8.68. The van der Waals surface area contributed by atoms with E-state index in [1.165, 1.54) is 17.4 Å². The molecular weight excluding hydrogens is 258 g/mol. The molecule has 0 aliphatic carbocycles. The molecule has 1 aromatic heterocycles. The molecule has 0 fully saturated rings. The molecule has 0 spiro atoms. The normalized spacial score (nSPS) is 10.3. The quantitative estimate of drug-likeness (QED) is 0.925. The molecular formula is C12H10F2N2OS. The summed E-state index contributed by atoms with van der Waals surface area (Å²) in [4.78, 5) is 15.6. The van der Waals surface area contributed by atoms with Crippen LogP contribution in [-0.4, -0.2) is 17.4 Å². The molecule has 0 saturated heterocycles. The van der Waals surface area contributed by atoms with Crippen LogP contribution in [0.3, 0.4) is 0 Å². The molecule has 0 unspecified atom stereocenters. The zero-order valence-electron chi connectivity index (χ0n) is 9.32. The van der Waals surface area contributed by atoms with E-state index in [1.54, 1.807) is 6.20 Å². The predicted octanol–water partition coefficient (Wildman–Crippen LogP) is 2.39. The van der Waals surface area contributed by atoms with Gasteiger partial charge in [0.2, 0.25) is 0 Å². The summed E-state index contributed by atoms with van der Waals surface area (Å²) in [5, 5.41) is 5.16. The Morgan fingerprint density at radius 3 is 2.67 bits per heavy atom. The van der Waals surface area contributed by atoms with Gasteiger partial charge in [-0.25, -0.2) is 13.8 Å². The molecule has 1 amide bonds. The second kappa shape index (κ2) is 5.68. The van der Waals surface area contributed by atoms with Crippen molar-refractivity contribution in [3.63, 3.8) is 0 Å². The lowest BCUT2D eigenvalue weighted by Gasteiger charge is -2.05. The smallest absolute Gasteiger partial charge is 0.257 e. The monoisotopic (exact) mass is 268 g/mol. The number of nitrogens with zero attached hydrogens (tertiary/aromatic N) is 1. The minimum Gasteiger partial charge on any atom is -0.351 e. The molecule has 0 aliphatic rings. The zero-order chi connectivity index (χ0) is 13.0. The second-order valence-corrected chi connectivity index (χ2v) is 4.51. The molecule has 1 aromatic carbocycles. The van der Waals surface area contributed by atoms with Gasteiger partial charge in [-0.2, -0.15) is 0 Å². The lowest BCUT2D eigenvalue weighted by Crippen LogP contribution is -2.27. The van der Waals surface area contributed by atoms with Crippen LogP contribution in [0.2, 0.25) is 0 Å². The topological polar surface area (TPSA) is 42.0 Å². The SMILES string of the molecule is O=C(NCCc1nccs1)c1c(F)cccc1F. The Morgan fingerprint density at radius 1 is 1.33 bits per heavy atom. The van der Waals surface area contributed by atoms with Crippen molar-refractivity contribution in [2.45, 2.75) is 6.42 Å². The van der Waals surface area contributed by atoms with Crippen LogP contribution in [0, 0.1) is 11.6 Å². The number of thiazole rings is 1. The Bertz CT molecular complexity index is 523. The van der Waals surface area contributed by atoms with Gasteiger partial charge in [-0.15, -0.1) is 11.3 Å². The molecule has 0 saturated carbocycles. The molecule has 0 atom stereocenters. The Hall–Kier alpha value is -1.82. The summed E-state index contributed by atoms with van der Waals surface area (Å²) in [5.41, 5.74) is -0.545. The summed E-state index contributed by atoms with van der Waals surface area (Å²) >= 11 is 1.47. The number of hydrogen-bond acceptors (Lipinski definition) is 3. The molecule has 18 heavy (non-hydrogen) atoms. The van der Waals surface area contributed by atoms with Gasteiger partial charge < -0.3 is 5.32 Å². The summed E-state index contributed by atoms with van der Waals surface area (Å²) in [6.45, 7) is 0.292. The van der Waals surface area contributed by atoms with Crippen molar-refractivity contribution in [3.05, 3.63) is 52.0 Å². The van der Waals surface area contributed by atoms with Crippen LogP contribution >= 0.6 is 11.3 Å². The van der Waals surface area contributed by atoms with Crippen LogP contribution in [0.4, 0.5) is 8.78 Å². The van der Waals surface area contributed by atoms with E-state index in [1.807, 2.05) is 5.38 Å². The third-order valence-electron chi connectivity index (χ3n) is 2.30. The average Bonchev–Trinajstić information content (AvgIpc) is 2.82. The molecule has 0 bridgehead atoms. The van der Waals surface area contributed by atoms with Crippen molar-refractivity contribution in [1.29, 1.82) is 0 Å². The van der Waals surface area contributed by atoms with Crippen molar-refractivity contribution in [1.82, 2.24) is 10.3 Å². The molecule has 1 heterocycles. The first-order valence-corrected chi connectivity index (χ1v) is 6.17. The van der Waals surface area contributed by atoms with Gasteiger partial charge in [0.25, 0.3) is 5.91 Å². The molecule has 0 radical (unpaired) electrons. The maximum absolute atomic E-state index is 13.3. The largest absolute Gasteiger partial charge is 0.351 e. The lowest BCUT2D eigenvalue weighted by atomic mass is 10.2. The summed E-state index contributed by atoms with van der Waals surface area (Å²) in [5.74, 6) is -2.47. The third kappa shape index (κ3) is 2.89. The van der Waals surface area contributed by atoms with Crippen molar-refractivity contribution < 1.29 is 13.6 Å². The summed E-state index contributed by atoms with van der Waals surface area (Å²) in [6.07, 6.45) is 2.21. The highest BCUT2D eigenvalue weighted by atomic mass is 32.1. The molecule has 94 valence electrons. The third-order valence-corrected chi connectivity index (χ3v) is 3.14. The standard InChI is InChI=1S/C12H10F2N2OS/c13-8-2-1-3-9(14)11(8)12(17)16-5-4-10-15-6-7-18-10/h1-3,6-7H,4-5H2,(H,16,17). The Balaban J connectivity index is 1.96. The minimum absolute atomic E-state index is 0.292. The van der Waals surface area contributed by atoms with Crippen molar-refractivity contribution in [3.8, 4) is 0 Å². The van der Waals surface area contributed by atoms with E-state index < -0.39 is 23.1 Å². The number of amides is 1. The number of halogens is 2. The number of nitrogens with one attached hydrogen (secondary N) is 1. The van der Waals surface area contributed by atoms with Gasteiger partial charge in [-0.3, -0.25) is 4.79 Å². The van der Waals surface area contributed by atoms with Gasteiger partial charge in [0.05, 0.1) is 5.01 Å². The summed E-state index contributed by atoms with van der Waals surface area (Å²) in [6, 6.07) is 3.33. The van der Waals surface area contributed by atoms with Crippen LogP contribution < -0.4 is 5.32 Å². The van der Waals surface area contributed by atoms with Crippen LogP contribution in [0.15, 0.2) is 29.8 Å². The first kappa shape index (κ1) is 12.6. The highest BCUT2D eigenvalue weighted by molar-refractivity contribution is 7.09. The van der Waals surface area contributed by atoms with Crippen molar-refractivity contribution in [2.75, 3.05) is 6.54 Å². The number of aromatic nitrogens is 1. The number of carbonyl (C=O) groups excluding carboxylic acids is 1. The van der Waals surface area contributed by atoms with Gasteiger partial charge in [0.15, 0.2) is 0 Å². The highest BCUT2D eigenvalue weighted by Gasteiger charge is 2.16. The Labute approximate surface area is 106 Å². The van der Waals surface area contributed by atoms with Crippen LogP contribution in [0.1, 0.15) is 15.4 Å². The van der Waals surface area contributed by atoms with E-state index in [4.69, 9.17) is 0 Å². The van der Waals surface area contributed by atoms with Crippen LogP contribution in [-0.2, 0) is 6.42 Å². The van der Waals surface area contributed by atoms with E-state index in [0.717, 1.165) is 17.1 Å². The maximum atomic E-state index is 13.3. The van der Waals surface area contributed by atoms with E-state index in [-0.39, 0.29) is 0 Å². The van der Waals surface area contributed by atoms with Gasteiger partial charge in [-0.05, 0) is 12.1 Å². The van der Waals surface area contributed by atoms with Crippen LogP contribution in [0.5, 0.6) is 0 Å². The van der Waals surface area contributed by atoms with E-state index >= 15 is 0 Å². The average molecular weight is 268 g/mol. The fourth-order valence-electron chi connectivity index (χ4n) is 1.46. The molecule has 1 N–H and O–H groups in total. The molecule has 0 aliphatic heterocycles. The number of rotatable bonds is 4. The van der Waals surface area contributed by atoms with Crippen molar-refractivity contribution >= 4 is 17.2 Å². The minimum atomic E-state index is -0.859. The maximum Gasteiger partial charge on any atom is 0.257 e. The number of benzene rings is 1. The summed E-state index contributed by atoms with van der Waals surface area (Å²) < 4.78 is 26.6. The fraction of sp³-hybridized carbons (Fsp3) is 0.167. The molecule has 2 rings (SSSR count). The molecule has 3 nitrogen and oxygen atoms in total. The van der Waals surface area contributed by atoms with Gasteiger partial charge in [0.1, 0.15) is 17.2 Å². The molecule has 6 heteroatoms. The van der Waals surface area contributed by atoms with Crippen molar-refractivity contribution in [2.24, 2.45) is 0 Å². The number of carbonyl (C=O) groups is 1. The van der Waals surface area contributed by atoms with Gasteiger partial charge in [-0.1, -0.05) is 6.07 Å². The van der Waals surface area contributed by atoms with Gasteiger partial charge in [0, 0.05) is 24.5 Å². The van der Waals surface area contributed by atoms with E-state index in [9.17, 15) is 13.6 Å². The van der Waals surface area contributed by atoms with E-state index in [2.05, 4.69) is 10.3 Å². The Morgan fingerprint density at radius 2 is 2.06 bits per heavy atom. The Kier molecular flexibility index (Phi) is 3.99. The lowest BCUT2D eigenvalue weighted by molar-refractivity contribution is 0.0945. The fourth-order valence-corrected chi connectivity index (χ4v) is 2.08. The first-order valence-electron chi connectivity index (χ1n) is 5.29. The molecule has 2 aromatic rings. The predicted molar refractivity (Wildman–Crippen MR) is 64.5 cm³/mol. The highest BCUT2D eigenvalue weighted by Crippen LogP contribution is 2.11. The summed E-state index contributed by atoms with van der Waals surface area (Å²) in [7, 11) is 0. The van der Waals surface area contributed by atoms with Crippen LogP contribution in [0.25, 0.3) is 0 Å². The number of hydrogen-bond donors (Lipinski definition) is 1.